The molecule has 0 saturated carbocycles. The third kappa shape index (κ3) is 4.78. The van der Waals surface area contributed by atoms with Crippen LogP contribution in [0.5, 0.6) is 0 Å². The predicted molar refractivity (Wildman–Crippen MR) is 111 cm³/mol. The van der Waals surface area contributed by atoms with Gasteiger partial charge in [0.25, 0.3) is 11.8 Å². The minimum Gasteiger partial charge on any atom is -0.349 e. The molecule has 0 aliphatic rings. The molecule has 0 saturated heterocycles. The molecule has 0 unspecified atom stereocenters. The van der Waals surface area contributed by atoms with E-state index in [0.29, 0.717) is 23.4 Å². The fraction of sp³-hybridized carbons (Fsp3) is 0.238. The van der Waals surface area contributed by atoms with Crippen LogP contribution in [0.2, 0.25) is 0 Å². The number of benzene rings is 1. The van der Waals surface area contributed by atoms with E-state index in [9.17, 15) is 14.4 Å². The number of aromatic nitrogens is 2. The molecule has 0 aliphatic carbocycles. The van der Waals surface area contributed by atoms with Crippen molar-refractivity contribution in [1.29, 1.82) is 0 Å². The number of hydrogen-bond acceptors (Lipinski definition) is 4. The highest BCUT2D eigenvalue weighted by atomic mass is 16.2. The van der Waals surface area contributed by atoms with Gasteiger partial charge in [0.2, 0.25) is 11.7 Å². The lowest BCUT2D eigenvalue weighted by molar-refractivity contribution is -0.114. The van der Waals surface area contributed by atoms with Crippen molar-refractivity contribution >= 4 is 34.6 Å². The molecule has 3 rings (SSSR count). The van der Waals surface area contributed by atoms with Gasteiger partial charge in [0.15, 0.2) is 5.69 Å². The summed E-state index contributed by atoms with van der Waals surface area (Å²) in [6.45, 7) is 4.02. The lowest BCUT2D eigenvalue weighted by Gasteiger charge is -2.06. The molecule has 1 aromatic carbocycles. The average Bonchev–Trinajstić information content (AvgIpc) is 3.09. The average molecular weight is 393 g/mol. The van der Waals surface area contributed by atoms with E-state index in [1.807, 2.05) is 6.92 Å². The molecule has 150 valence electrons. The van der Waals surface area contributed by atoms with Gasteiger partial charge in [-0.25, -0.2) is 4.98 Å². The topological polar surface area (TPSA) is 105 Å². The lowest BCUT2D eigenvalue weighted by atomic mass is 10.2. The molecule has 2 heterocycles. The number of carbonyl (C=O) groups is 3. The van der Waals surface area contributed by atoms with Gasteiger partial charge < -0.3 is 16.0 Å². The maximum Gasteiger partial charge on any atom is 0.287 e. The van der Waals surface area contributed by atoms with Crippen LogP contribution in [-0.2, 0) is 4.79 Å². The Morgan fingerprint density at radius 1 is 0.966 bits per heavy atom. The Balaban J connectivity index is 1.82. The number of pyridine rings is 1. The number of fused-ring (bicyclic) bond motifs is 1. The number of imidazole rings is 1. The SMILES string of the molecule is CCCCNC(=O)c1nc(C(=O)Nc2ccc(NC(C)=O)cc2)c2ccccn12. The second-order valence-electron chi connectivity index (χ2n) is 6.56. The maximum absolute atomic E-state index is 12.8. The largest absolute Gasteiger partial charge is 0.349 e. The van der Waals surface area contributed by atoms with Crippen LogP contribution < -0.4 is 16.0 Å². The van der Waals surface area contributed by atoms with Crippen LogP contribution in [0, 0.1) is 0 Å². The third-order valence-corrected chi connectivity index (χ3v) is 4.25. The van der Waals surface area contributed by atoms with Crippen molar-refractivity contribution < 1.29 is 14.4 Å². The van der Waals surface area contributed by atoms with Crippen LogP contribution in [0.3, 0.4) is 0 Å². The minimum atomic E-state index is -0.423. The number of anilines is 2. The first kappa shape index (κ1) is 20.1. The smallest absolute Gasteiger partial charge is 0.287 e. The fourth-order valence-electron chi connectivity index (χ4n) is 2.85. The molecule has 8 nitrogen and oxygen atoms in total. The van der Waals surface area contributed by atoms with Crippen molar-refractivity contribution in [3.63, 3.8) is 0 Å². The summed E-state index contributed by atoms with van der Waals surface area (Å²) >= 11 is 0. The van der Waals surface area contributed by atoms with Gasteiger partial charge in [-0.15, -0.1) is 0 Å². The Hall–Kier alpha value is -3.68. The van der Waals surface area contributed by atoms with Crippen LogP contribution in [0.1, 0.15) is 47.8 Å². The van der Waals surface area contributed by atoms with Crippen LogP contribution in [0.25, 0.3) is 5.52 Å². The van der Waals surface area contributed by atoms with E-state index in [-0.39, 0.29) is 23.3 Å². The summed E-state index contributed by atoms with van der Waals surface area (Å²) in [6.07, 6.45) is 3.55. The molecular formula is C21H23N5O3. The number of carbonyl (C=O) groups excluding carboxylic acids is 3. The molecule has 0 fully saturated rings. The van der Waals surface area contributed by atoms with E-state index in [0.717, 1.165) is 12.8 Å². The quantitative estimate of drug-likeness (QED) is 0.537. The first-order valence-corrected chi connectivity index (χ1v) is 9.44. The fourth-order valence-corrected chi connectivity index (χ4v) is 2.85. The molecule has 3 amide bonds. The Kier molecular flexibility index (Phi) is 6.23. The van der Waals surface area contributed by atoms with Crippen molar-refractivity contribution in [2.24, 2.45) is 0 Å². The third-order valence-electron chi connectivity index (χ3n) is 4.25. The highest BCUT2D eigenvalue weighted by Crippen LogP contribution is 2.18. The predicted octanol–water partition coefficient (Wildman–Crippen LogP) is 3.07. The number of nitrogens with one attached hydrogen (secondary N) is 3. The molecule has 8 heteroatoms. The van der Waals surface area contributed by atoms with Gasteiger partial charge in [0.1, 0.15) is 0 Å². The van der Waals surface area contributed by atoms with Crippen LogP contribution in [-0.4, -0.2) is 33.7 Å². The van der Waals surface area contributed by atoms with Crippen molar-refractivity contribution in [3.8, 4) is 0 Å². The zero-order chi connectivity index (χ0) is 20.8. The van der Waals surface area contributed by atoms with Crippen LogP contribution in [0.4, 0.5) is 11.4 Å². The highest BCUT2D eigenvalue weighted by molar-refractivity contribution is 6.09. The Bertz CT molecular complexity index is 1040. The summed E-state index contributed by atoms with van der Waals surface area (Å²) in [5.74, 6) is -0.745. The van der Waals surface area contributed by atoms with Crippen molar-refractivity contribution in [2.45, 2.75) is 26.7 Å². The van der Waals surface area contributed by atoms with Crippen molar-refractivity contribution in [3.05, 3.63) is 60.2 Å². The van der Waals surface area contributed by atoms with Gasteiger partial charge in [-0.3, -0.25) is 18.8 Å². The summed E-state index contributed by atoms with van der Waals surface area (Å²) in [4.78, 5) is 40.7. The standard InChI is InChI=1S/C21H23N5O3/c1-3-4-12-22-21(29)19-25-18(17-7-5-6-13-26(17)19)20(28)24-16-10-8-15(9-11-16)23-14(2)27/h5-11,13H,3-4,12H2,1-2H3,(H,22,29)(H,23,27)(H,24,28). The van der Waals surface area contributed by atoms with Gasteiger partial charge >= 0.3 is 0 Å². The molecule has 0 bridgehead atoms. The molecule has 0 aliphatic heterocycles. The number of hydrogen-bond donors (Lipinski definition) is 3. The normalized spacial score (nSPS) is 10.6. The first-order valence-electron chi connectivity index (χ1n) is 9.44. The summed E-state index contributed by atoms with van der Waals surface area (Å²) in [5.41, 5.74) is 1.89. The van der Waals surface area contributed by atoms with Gasteiger partial charge in [-0.1, -0.05) is 19.4 Å². The van der Waals surface area contributed by atoms with E-state index in [4.69, 9.17) is 0 Å². The first-order chi connectivity index (χ1) is 14.0. The number of amides is 3. The minimum absolute atomic E-state index is 0.164. The molecule has 0 radical (unpaired) electrons. The van der Waals surface area contributed by atoms with Gasteiger partial charge in [0.05, 0.1) is 5.52 Å². The van der Waals surface area contributed by atoms with E-state index in [1.54, 1.807) is 53.1 Å². The molecular weight excluding hydrogens is 370 g/mol. The molecule has 2 aromatic heterocycles. The van der Waals surface area contributed by atoms with Crippen molar-refractivity contribution in [1.82, 2.24) is 14.7 Å². The van der Waals surface area contributed by atoms with Crippen LogP contribution >= 0.6 is 0 Å². The molecule has 3 N–H and O–H groups in total. The Labute approximate surface area is 168 Å². The summed E-state index contributed by atoms with van der Waals surface area (Å²) in [5, 5.41) is 8.27. The monoisotopic (exact) mass is 393 g/mol. The van der Waals surface area contributed by atoms with E-state index >= 15 is 0 Å². The number of unbranched alkanes of at least 4 members (excludes halogenated alkanes) is 1. The second kappa shape index (κ2) is 9.01. The molecule has 0 atom stereocenters. The van der Waals surface area contributed by atoms with Crippen molar-refractivity contribution in [2.75, 3.05) is 17.2 Å². The molecule has 0 spiro atoms. The lowest BCUT2D eigenvalue weighted by Crippen LogP contribution is -2.26. The molecule has 29 heavy (non-hydrogen) atoms. The zero-order valence-electron chi connectivity index (χ0n) is 16.4. The van der Waals surface area contributed by atoms with Gasteiger partial charge in [0, 0.05) is 31.0 Å². The van der Waals surface area contributed by atoms with E-state index in [2.05, 4.69) is 20.9 Å². The van der Waals surface area contributed by atoms with Crippen LogP contribution in [0.15, 0.2) is 48.7 Å². The summed E-state index contributed by atoms with van der Waals surface area (Å²) < 4.78 is 1.61. The second-order valence-corrected chi connectivity index (χ2v) is 6.56. The molecule has 3 aromatic rings. The zero-order valence-corrected chi connectivity index (χ0v) is 16.4. The number of nitrogens with zero attached hydrogens (tertiary/aromatic N) is 2. The Morgan fingerprint density at radius 3 is 2.31 bits per heavy atom. The highest BCUT2D eigenvalue weighted by Gasteiger charge is 2.21. The maximum atomic E-state index is 12.8. The number of rotatable bonds is 7. The van der Waals surface area contributed by atoms with Gasteiger partial charge in [-0.2, -0.15) is 0 Å². The Morgan fingerprint density at radius 2 is 1.66 bits per heavy atom. The summed E-state index contributed by atoms with van der Waals surface area (Å²) in [6, 6.07) is 12.0. The summed E-state index contributed by atoms with van der Waals surface area (Å²) in [7, 11) is 0. The van der Waals surface area contributed by atoms with Gasteiger partial charge in [-0.05, 0) is 42.8 Å². The van der Waals surface area contributed by atoms with E-state index in [1.165, 1.54) is 6.92 Å². The van der Waals surface area contributed by atoms with E-state index < -0.39 is 5.91 Å².